The highest BCUT2D eigenvalue weighted by Crippen LogP contribution is 2.32. The Hall–Kier alpha value is -1.16. The Kier molecular flexibility index (Phi) is 5.14. The number of nitrogens with zero attached hydrogens (tertiary/aromatic N) is 2. The van der Waals surface area contributed by atoms with E-state index in [-0.39, 0.29) is 6.04 Å². The molecule has 0 bridgehead atoms. The summed E-state index contributed by atoms with van der Waals surface area (Å²) in [5, 5.41) is 4.56. The molecule has 0 amide bonds. The van der Waals surface area contributed by atoms with Gasteiger partial charge in [-0.05, 0) is 30.7 Å². The van der Waals surface area contributed by atoms with E-state index in [0.717, 1.165) is 24.2 Å². The quantitative estimate of drug-likeness (QED) is 0.910. The zero-order valence-electron chi connectivity index (χ0n) is 10.6. The first-order valence-corrected chi connectivity index (χ1v) is 6.92. The van der Waals surface area contributed by atoms with Crippen LogP contribution < -0.4 is 5.32 Å². The van der Waals surface area contributed by atoms with Gasteiger partial charge in [0.2, 0.25) is 0 Å². The summed E-state index contributed by atoms with van der Waals surface area (Å²) in [5.41, 5.74) is 1.81. The van der Waals surface area contributed by atoms with Crippen molar-refractivity contribution in [1.82, 2.24) is 15.3 Å². The van der Waals surface area contributed by atoms with Crippen molar-refractivity contribution in [2.75, 3.05) is 6.54 Å². The van der Waals surface area contributed by atoms with E-state index in [1.54, 1.807) is 12.3 Å². The molecule has 1 aromatic heterocycles. The Labute approximate surface area is 123 Å². The molecule has 0 saturated heterocycles. The second-order valence-corrected chi connectivity index (χ2v) is 4.95. The van der Waals surface area contributed by atoms with Gasteiger partial charge in [0.1, 0.15) is 6.33 Å². The van der Waals surface area contributed by atoms with Crippen LogP contribution in [0.3, 0.4) is 0 Å². The lowest BCUT2D eigenvalue weighted by molar-refractivity contribution is 0.585. The molecule has 3 nitrogen and oxygen atoms in total. The molecule has 0 aliphatic heterocycles. The van der Waals surface area contributed by atoms with E-state index in [0.29, 0.717) is 10.0 Å². The molecule has 0 aliphatic rings. The lowest BCUT2D eigenvalue weighted by Crippen LogP contribution is -2.24. The number of rotatable bonds is 5. The van der Waals surface area contributed by atoms with Crippen LogP contribution in [-0.4, -0.2) is 16.5 Å². The number of nitrogens with one attached hydrogen (secondary N) is 1. The standard InChI is InChI=1S/C14H15Cl2N3/c1-2-7-18-14(12-6-8-17-9-19-12)10-4-3-5-11(15)13(10)16/h3-6,8-9,14,18H,2,7H2,1H3. The van der Waals surface area contributed by atoms with Crippen molar-refractivity contribution in [3.8, 4) is 0 Å². The van der Waals surface area contributed by atoms with Crippen molar-refractivity contribution < 1.29 is 0 Å². The molecule has 1 N–H and O–H groups in total. The molecular formula is C14H15Cl2N3. The van der Waals surface area contributed by atoms with Gasteiger partial charge in [-0.3, -0.25) is 0 Å². The zero-order valence-corrected chi connectivity index (χ0v) is 12.1. The van der Waals surface area contributed by atoms with Gasteiger partial charge >= 0.3 is 0 Å². The summed E-state index contributed by atoms with van der Waals surface area (Å²) in [7, 11) is 0. The molecule has 1 atom stereocenters. The maximum absolute atomic E-state index is 6.30. The smallest absolute Gasteiger partial charge is 0.115 e. The molecule has 0 spiro atoms. The summed E-state index contributed by atoms with van der Waals surface area (Å²) in [4.78, 5) is 8.25. The molecule has 0 radical (unpaired) electrons. The van der Waals surface area contributed by atoms with E-state index in [9.17, 15) is 0 Å². The van der Waals surface area contributed by atoms with Gasteiger partial charge in [0.05, 0.1) is 21.8 Å². The van der Waals surface area contributed by atoms with E-state index >= 15 is 0 Å². The van der Waals surface area contributed by atoms with E-state index in [2.05, 4.69) is 22.2 Å². The van der Waals surface area contributed by atoms with Crippen LogP contribution in [0.4, 0.5) is 0 Å². The second kappa shape index (κ2) is 6.85. The van der Waals surface area contributed by atoms with Crippen LogP contribution in [0.25, 0.3) is 0 Å². The predicted molar refractivity (Wildman–Crippen MR) is 78.6 cm³/mol. The van der Waals surface area contributed by atoms with Crippen molar-refractivity contribution in [1.29, 1.82) is 0 Å². The third-order valence-corrected chi connectivity index (χ3v) is 3.63. The topological polar surface area (TPSA) is 37.8 Å². The molecule has 0 saturated carbocycles. The van der Waals surface area contributed by atoms with Gasteiger partial charge in [0, 0.05) is 6.20 Å². The number of benzene rings is 1. The van der Waals surface area contributed by atoms with Gasteiger partial charge in [-0.2, -0.15) is 0 Å². The third-order valence-electron chi connectivity index (χ3n) is 2.79. The molecule has 1 unspecified atom stereocenters. The largest absolute Gasteiger partial charge is 0.305 e. The van der Waals surface area contributed by atoms with E-state index in [1.807, 2.05) is 18.2 Å². The summed E-state index contributed by atoms with van der Waals surface area (Å²) >= 11 is 12.4. The fourth-order valence-corrected chi connectivity index (χ4v) is 2.29. The molecular weight excluding hydrogens is 281 g/mol. The molecule has 2 aromatic rings. The normalized spacial score (nSPS) is 12.4. The molecule has 0 fully saturated rings. The van der Waals surface area contributed by atoms with Crippen LogP contribution >= 0.6 is 23.2 Å². The highest BCUT2D eigenvalue weighted by molar-refractivity contribution is 6.42. The number of hydrogen-bond acceptors (Lipinski definition) is 3. The lowest BCUT2D eigenvalue weighted by Gasteiger charge is -2.20. The Bertz CT molecular complexity index is 531. The summed E-state index contributed by atoms with van der Waals surface area (Å²) < 4.78 is 0. The number of halogens is 2. The van der Waals surface area contributed by atoms with E-state index in [4.69, 9.17) is 23.2 Å². The van der Waals surface area contributed by atoms with Crippen LogP contribution in [0, 0.1) is 0 Å². The Morgan fingerprint density at radius 3 is 2.79 bits per heavy atom. The Morgan fingerprint density at radius 2 is 2.11 bits per heavy atom. The minimum Gasteiger partial charge on any atom is -0.305 e. The number of aromatic nitrogens is 2. The fourth-order valence-electron chi connectivity index (χ4n) is 1.88. The zero-order chi connectivity index (χ0) is 13.7. The number of hydrogen-bond donors (Lipinski definition) is 1. The van der Waals surface area contributed by atoms with Crippen molar-refractivity contribution in [3.63, 3.8) is 0 Å². The van der Waals surface area contributed by atoms with E-state index in [1.165, 1.54) is 6.33 Å². The van der Waals surface area contributed by atoms with Gasteiger partial charge in [0.15, 0.2) is 0 Å². The Balaban J connectivity index is 2.40. The Morgan fingerprint density at radius 1 is 1.26 bits per heavy atom. The van der Waals surface area contributed by atoms with Crippen LogP contribution in [0.1, 0.15) is 30.6 Å². The monoisotopic (exact) mass is 295 g/mol. The first kappa shape index (κ1) is 14.3. The minimum absolute atomic E-state index is 0.0749. The van der Waals surface area contributed by atoms with Gasteiger partial charge in [-0.15, -0.1) is 0 Å². The van der Waals surface area contributed by atoms with Gasteiger partial charge < -0.3 is 5.32 Å². The molecule has 5 heteroatoms. The maximum atomic E-state index is 6.30. The minimum atomic E-state index is -0.0749. The second-order valence-electron chi connectivity index (χ2n) is 4.16. The van der Waals surface area contributed by atoms with Crippen molar-refractivity contribution in [3.05, 3.63) is 58.1 Å². The summed E-state index contributed by atoms with van der Waals surface area (Å²) in [6.45, 7) is 2.99. The van der Waals surface area contributed by atoms with Crippen molar-refractivity contribution in [2.45, 2.75) is 19.4 Å². The highest BCUT2D eigenvalue weighted by Gasteiger charge is 2.18. The maximum Gasteiger partial charge on any atom is 0.115 e. The first-order valence-electron chi connectivity index (χ1n) is 6.17. The highest BCUT2D eigenvalue weighted by atomic mass is 35.5. The molecule has 1 heterocycles. The van der Waals surface area contributed by atoms with Crippen LogP contribution in [0.15, 0.2) is 36.8 Å². The molecule has 2 rings (SSSR count). The van der Waals surface area contributed by atoms with Gasteiger partial charge in [-0.25, -0.2) is 9.97 Å². The van der Waals surface area contributed by atoms with Crippen molar-refractivity contribution >= 4 is 23.2 Å². The third kappa shape index (κ3) is 3.44. The van der Waals surface area contributed by atoms with Crippen molar-refractivity contribution in [2.24, 2.45) is 0 Å². The van der Waals surface area contributed by atoms with Gasteiger partial charge in [0.25, 0.3) is 0 Å². The average Bonchev–Trinajstić information content (AvgIpc) is 2.45. The molecule has 100 valence electrons. The lowest BCUT2D eigenvalue weighted by atomic mass is 10.0. The molecule has 0 aliphatic carbocycles. The average molecular weight is 296 g/mol. The summed E-state index contributed by atoms with van der Waals surface area (Å²) in [6, 6.07) is 7.44. The molecule has 1 aromatic carbocycles. The fraction of sp³-hybridized carbons (Fsp3) is 0.286. The summed E-state index contributed by atoms with van der Waals surface area (Å²) in [5.74, 6) is 0. The molecule has 19 heavy (non-hydrogen) atoms. The SMILES string of the molecule is CCCNC(c1ccncn1)c1cccc(Cl)c1Cl. The summed E-state index contributed by atoms with van der Waals surface area (Å²) in [6.07, 6.45) is 4.29. The van der Waals surface area contributed by atoms with E-state index < -0.39 is 0 Å². The predicted octanol–water partition coefficient (Wildman–Crippen LogP) is 3.87. The van der Waals surface area contributed by atoms with Crippen LogP contribution in [-0.2, 0) is 0 Å². The first-order chi connectivity index (χ1) is 9.24. The van der Waals surface area contributed by atoms with Crippen LogP contribution in [0.2, 0.25) is 10.0 Å². The van der Waals surface area contributed by atoms with Crippen LogP contribution in [0.5, 0.6) is 0 Å². The van der Waals surface area contributed by atoms with Gasteiger partial charge in [-0.1, -0.05) is 42.3 Å².